The number of benzene rings is 1. The van der Waals surface area contributed by atoms with Crippen LogP contribution in [0.3, 0.4) is 0 Å². The van der Waals surface area contributed by atoms with Gasteiger partial charge in [0.2, 0.25) is 10.0 Å². The lowest BCUT2D eigenvalue weighted by atomic mass is 9.98. The van der Waals surface area contributed by atoms with Crippen LogP contribution < -0.4 is 5.32 Å². The van der Waals surface area contributed by atoms with Gasteiger partial charge >= 0.3 is 0 Å². The molecular weight excluding hydrogens is 272 g/mol. The van der Waals surface area contributed by atoms with E-state index in [2.05, 4.69) is 5.32 Å². The van der Waals surface area contributed by atoms with Crippen molar-refractivity contribution in [3.05, 3.63) is 29.3 Å². The molecule has 0 unspecified atom stereocenters. The van der Waals surface area contributed by atoms with Gasteiger partial charge in [-0.1, -0.05) is 12.1 Å². The van der Waals surface area contributed by atoms with Crippen molar-refractivity contribution in [2.45, 2.75) is 31.6 Å². The van der Waals surface area contributed by atoms with Crippen LogP contribution >= 0.6 is 0 Å². The molecule has 1 aliphatic heterocycles. The van der Waals surface area contributed by atoms with Crippen LogP contribution in [0.2, 0.25) is 0 Å². The minimum Gasteiger partial charge on any atom is -0.317 e. The zero-order valence-corrected chi connectivity index (χ0v) is 13.3. The SMILES string of the molecule is Cc1ccc(C)c(S(=O)(=O)N(C)CC2CCNCC2)c1. The summed E-state index contributed by atoms with van der Waals surface area (Å²) in [5.41, 5.74) is 1.79. The van der Waals surface area contributed by atoms with Crippen molar-refractivity contribution < 1.29 is 8.42 Å². The van der Waals surface area contributed by atoms with Crippen LogP contribution in [0.5, 0.6) is 0 Å². The lowest BCUT2D eigenvalue weighted by Crippen LogP contribution is -2.37. The molecule has 1 aliphatic rings. The van der Waals surface area contributed by atoms with Crippen LogP contribution in [0.15, 0.2) is 23.1 Å². The molecule has 112 valence electrons. The van der Waals surface area contributed by atoms with E-state index >= 15 is 0 Å². The van der Waals surface area contributed by atoms with Crippen LogP contribution in [-0.2, 0) is 10.0 Å². The summed E-state index contributed by atoms with van der Waals surface area (Å²) >= 11 is 0. The van der Waals surface area contributed by atoms with E-state index in [9.17, 15) is 8.42 Å². The zero-order valence-electron chi connectivity index (χ0n) is 12.5. The molecule has 20 heavy (non-hydrogen) atoms. The number of rotatable bonds is 4. The number of nitrogens with one attached hydrogen (secondary N) is 1. The van der Waals surface area contributed by atoms with Gasteiger partial charge in [0.25, 0.3) is 0 Å². The molecule has 0 aliphatic carbocycles. The fourth-order valence-electron chi connectivity index (χ4n) is 2.68. The lowest BCUT2D eigenvalue weighted by molar-refractivity contribution is 0.311. The fourth-order valence-corrected chi connectivity index (χ4v) is 4.23. The molecule has 0 saturated carbocycles. The zero-order chi connectivity index (χ0) is 14.8. The minimum atomic E-state index is -3.38. The highest BCUT2D eigenvalue weighted by molar-refractivity contribution is 7.89. The van der Waals surface area contributed by atoms with Gasteiger partial charge in [-0.25, -0.2) is 12.7 Å². The Morgan fingerprint density at radius 3 is 2.55 bits per heavy atom. The smallest absolute Gasteiger partial charge is 0.243 e. The molecule has 0 aromatic heterocycles. The molecule has 1 N–H and O–H groups in total. The minimum absolute atomic E-state index is 0.439. The normalized spacial score (nSPS) is 17.6. The van der Waals surface area contributed by atoms with E-state index < -0.39 is 10.0 Å². The van der Waals surface area contributed by atoms with Gasteiger partial charge in [-0.05, 0) is 62.9 Å². The Kier molecular flexibility index (Phi) is 4.83. The predicted octanol–water partition coefficient (Wildman–Crippen LogP) is 1.92. The Hall–Kier alpha value is -0.910. The van der Waals surface area contributed by atoms with Gasteiger partial charge in [0.1, 0.15) is 0 Å². The topological polar surface area (TPSA) is 49.4 Å². The molecule has 0 spiro atoms. The van der Waals surface area contributed by atoms with Gasteiger partial charge < -0.3 is 5.32 Å². The number of aryl methyl sites for hydroxylation is 2. The van der Waals surface area contributed by atoms with Crippen LogP contribution in [0.25, 0.3) is 0 Å². The highest BCUT2D eigenvalue weighted by atomic mass is 32.2. The van der Waals surface area contributed by atoms with E-state index in [1.807, 2.05) is 26.0 Å². The monoisotopic (exact) mass is 296 g/mol. The average molecular weight is 296 g/mol. The first-order valence-corrected chi connectivity index (χ1v) is 8.59. The highest BCUT2D eigenvalue weighted by Gasteiger charge is 2.26. The first kappa shape index (κ1) is 15.5. The third-order valence-corrected chi connectivity index (χ3v) is 5.97. The third kappa shape index (κ3) is 3.40. The summed E-state index contributed by atoms with van der Waals surface area (Å²) in [5, 5.41) is 3.31. The molecule has 1 heterocycles. The predicted molar refractivity (Wildman–Crippen MR) is 81.3 cm³/mol. The van der Waals surface area contributed by atoms with Crippen LogP contribution in [0.4, 0.5) is 0 Å². The molecule has 4 nitrogen and oxygen atoms in total. The molecule has 1 saturated heterocycles. The van der Waals surface area contributed by atoms with Crippen molar-refractivity contribution in [1.82, 2.24) is 9.62 Å². The maximum absolute atomic E-state index is 12.7. The maximum atomic E-state index is 12.7. The molecule has 1 aromatic rings. The number of hydrogen-bond donors (Lipinski definition) is 1. The number of nitrogens with zero attached hydrogens (tertiary/aromatic N) is 1. The van der Waals surface area contributed by atoms with Crippen LogP contribution in [-0.4, -0.2) is 39.4 Å². The second-order valence-corrected chi connectivity index (χ2v) is 7.76. The van der Waals surface area contributed by atoms with Crippen molar-refractivity contribution in [3.8, 4) is 0 Å². The van der Waals surface area contributed by atoms with E-state index in [-0.39, 0.29) is 0 Å². The largest absolute Gasteiger partial charge is 0.317 e. The van der Waals surface area contributed by atoms with Gasteiger partial charge in [0.15, 0.2) is 0 Å². The van der Waals surface area contributed by atoms with Crippen LogP contribution in [0.1, 0.15) is 24.0 Å². The summed E-state index contributed by atoms with van der Waals surface area (Å²) in [5.74, 6) is 0.459. The Balaban J connectivity index is 2.18. The Labute approximate surface area is 122 Å². The van der Waals surface area contributed by atoms with Crippen molar-refractivity contribution in [2.75, 3.05) is 26.7 Å². The van der Waals surface area contributed by atoms with E-state index in [1.165, 1.54) is 4.31 Å². The molecule has 0 atom stereocenters. The summed E-state index contributed by atoms with van der Waals surface area (Å²) in [6, 6.07) is 5.59. The summed E-state index contributed by atoms with van der Waals surface area (Å²) < 4.78 is 26.9. The van der Waals surface area contributed by atoms with E-state index in [0.717, 1.165) is 37.1 Å². The standard InChI is InChI=1S/C15H24N2O2S/c1-12-4-5-13(2)15(10-12)20(18,19)17(3)11-14-6-8-16-9-7-14/h4-5,10,14,16H,6-9,11H2,1-3H3. The van der Waals surface area contributed by atoms with Gasteiger partial charge in [-0.2, -0.15) is 0 Å². The molecule has 0 amide bonds. The molecular formula is C15H24N2O2S. The Morgan fingerprint density at radius 1 is 1.25 bits per heavy atom. The molecule has 2 rings (SSSR count). The Bertz CT molecular complexity index is 563. The molecule has 5 heteroatoms. The summed E-state index contributed by atoms with van der Waals surface area (Å²) in [4.78, 5) is 0.439. The number of hydrogen-bond acceptors (Lipinski definition) is 3. The van der Waals surface area contributed by atoms with Gasteiger partial charge in [-0.3, -0.25) is 0 Å². The molecule has 1 aromatic carbocycles. The number of sulfonamides is 1. The first-order valence-electron chi connectivity index (χ1n) is 7.15. The van der Waals surface area contributed by atoms with Gasteiger partial charge in [0, 0.05) is 13.6 Å². The van der Waals surface area contributed by atoms with Crippen LogP contribution in [0, 0.1) is 19.8 Å². The second-order valence-electron chi connectivity index (χ2n) is 5.75. The fraction of sp³-hybridized carbons (Fsp3) is 0.600. The maximum Gasteiger partial charge on any atom is 0.243 e. The van der Waals surface area contributed by atoms with Crippen molar-refractivity contribution in [2.24, 2.45) is 5.92 Å². The lowest BCUT2D eigenvalue weighted by Gasteiger charge is -2.27. The van der Waals surface area contributed by atoms with Crippen molar-refractivity contribution >= 4 is 10.0 Å². The summed E-state index contributed by atoms with van der Waals surface area (Å²) in [6.07, 6.45) is 2.10. The van der Waals surface area contributed by atoms with Crippen molar-refractivity contribution in [1.29, 1.82) is 0 Å². The molecule has 0 bridgehead atoms. The van der Waals surface area contributed by atoms with Gasteiger partial charge in [-0.15, -0.1) is 0 Å². The van der Waals surface area contributed by atoms with E-state index in [1.54, 1.807) is 13.1 Å². The Morgan fingerprint density at radius 2 is 1.90 bits per heavy atom. The highest BCUT2D eigenvalue weighted by Crippen LogP contribution is 2.22. The first-order chi connectivity index (χ1) is 9.41. The van der Waals surface area contributed by atoms with Gasteiger partial charge in [0.05, 0.1) is 4.90 Å². The summed E-state index contributed by atoms with van der Waals surface area (Å²) in [6.45, 7) is 6.36. The quantitative estimate of drug-likeness (QED) is 0.923. The van der Waals surface area contributed by atoms with Crippen molar-refractivity contribution in [3.63, 3.8) is 0 Å². The van der Waals surface area contributed by atoms with E-state index in [4.69, 9.17) is 0 Å². The molecule has 0 radical (unpaired) electrons. The second kappa shape index (κ2) is 6.24. The number of piperidine rings is 1. The average Bonchev–Trinajstić information content (AvgIpc) is 2.42. The van der Waals surface area contributed by atoms with E-state index in [0.29, 0.717) is 17.4 Å². The molecule has 1 fully saturated rings. The summed E-state index contributed by atoms with van der Waals surface area (Å²) in [7, 11) is -1.69. The third-order valence-electron chi connectivity index (χ3n) is 4.01.